The zero-order valence-corrected chi connectivity index (χ0v) is 18.8. The van der Waals surface area contributed by atoms with Crippen molar-refractivity contribution < 1.29 is 19.1 Å². The van der Waals surface area contributed by atoms with Gasteiger partial charge in [-0.15, -0.1) is 10.2 Å². The van der Waals surface area contributed by atoms with Gasteiger partial charge in [-0.2, -0.15) is 0 Å². The fourth-order valence-corrected chi connectivity index (χ4v) is 4.04. The van der Waals surface area contributed by atoms with Gasteiger partial charge in [0, 0.05) is 18.0 Å². The molecule has 0 fully saturated rings. The van der Waals surface area contributed by atoms with Crippen LogP contribution in [0.3, 0.4) is 0 Å². The normalized spacial score (nSPS) is 10.3. The van der Waals surface area contributed by atoms with Crippen LogP contribution < -0.4 is 20.7 Å². The van der Waals surface area contributed by atoms with Crippen molar-refractivity contribution in [1.29, 1.82) is 0 Å². The fourth-order valence-electron chi connectivity index (χ4n) is 2.35. The average molecular weight is 472 g/mol. The van der Waals surface area contributed by atoms with E-state index in [0.29, 0.717) is 26.7 Å². The fraction of sp³-hybridized carbons (Fsp3) is 0.190. The van der Waals surface area contributed by atoms with Crippen LogP contribution in [0.5, 0.6) is 5.75 Å². The molecular formula is C21H21N5O4S2. The maximum absolute atomic E-state index is 12.0. The molecule has 0 aliphatic rings. The van der Waals surface area contributed by atoms with Crippen LogP contribution in [0.4, 0.5) is 10.8 Å². The van der Waals surface area contributed by atoms with Gasteiger partial charge in [0.05, 0.1) is 0 Å². The van der Waals surface area contributed by atoms with Gasteiger partial charge in [-0.1, -0.05) is 59.0 Å². The summed E-state index contributed by atoms with van der Waals surface area (Å²) >= 11 is 2.57. The third kappa shape index (κ3) is 7.67. The quantitative estimate of drug-likeness (QED) is 0.190. The molecule has 9 nitrogen and oxygen atoms in total. The van der Waals surface area contributed by atoms with Crippen molar-refractivity contribution in [3.63, 3.8) is 0 Å². The summed E-state index contributed by atoms with van der Waals surface area (Å²) in [6, 6.07) is 16.2. The summed E-state index contributed by atoms with van der Waals surface area (Å²) in [5.41, 5.74) is 1.62. The minimum Gasteiger partial charge on any atom is -0.484 e. The molecule has 0 saturated carbocycles. The molecule has 0 radical (unpaired) electrons. The maximum Gasteiger partial charge on any atom is 0.313 e. The molecule has 0 aliphatic heterocycles. The number of thioether (sulfide) groups is 1. The molecule has 166 valence electrons. The lowest BCUT2D eigenvalue weighted by Crippen LogP contribution is -2.36. The van der Waals surface area contributed by atoms with E-state index in [0.717, 1.165) is 5.56 Å². The van der Waals surface area contributed by atoms with Crippen LogP contribution in [0.2, 0.25) is 0 Å². The van der Waals surface area contributed by atoms with E-state index in [9.17, 15) is 14.4 Å². The molecule has 0 saturated heterocycles. The van der Waals surface area contributed by atoms with E-state index < -0.39 is 11.8 Å². The molecule has 0 unspecified atom stereocenters. The predicted octanol–water partition coefficient (Wildman–Crippen LogP) is 2.71. The first-order valence-corrected chi connectivity index (χ1v) is 11.4. The molecule has 3 rings (SSSR count). The van der Waals surface area contributed by atoms with Crippen LogP contribution in [0.1, 0.15) is 5.56 Å². The summed E-state index contributed by atoms with van der Waals surface area (Å²) in [7, 11) is 0. The van der Waals surface area contributed by atoms with Crippen molar-refractivity contribution in [1.82, 2.24) is 15.5 Å². The number of amides is 3. The number of para-hydroxylation sites is 1. The molecule has 2 aromatic carbocycles. The number of nitrogens with one attached hydrogen (secondary N) is 3. The molecule has 1 aromatic heterocycles. The standard InChI is InChI=1S/C21H21N5O4S2/c1-14-7-9-15(10-8-14)23-19(29)18(28)22-11-12-31-21-26-25-20(32-21)24-17(27)13-30-16-5-3-2-4-6-16/h2-10H,11-13H2,1H3,(H,22,28)(H,23,29)(H,24,25,27). The number of hydrogen-bond donors (Lipinski definition) is 3. The Balaban J connectivity index is 1.33. The van der Waals surface area contributed by atoms with Crippen LogP contribution in [0, 0.1) is 6.92 Å². The minimum absolute atomic E-state index is 0.136. The molecule has 0 spiro atoms. The van der Waals surface area contributed by atoms with E-state index in [1.54, 1.807) is 24.3 Å². The van der Waals surface area contributed by atoms with Gasteiger partial charge in [-0.25, -0.2) is 0 Å². The molecule has 3 amide bonds. The summed E-state index contributed by atoms with van der Waals surface area (Å²) in [5.74, 6) is -0.685. The van der Waals surface area contributed by atoms with Gasteiger partial charge < -0.3 is 15.4 Å². The summed E-state index contributed by atoms with van der Waals surface area (Å²) in [4.78, 5) is 35.8. The highest BCUT2D eigenvalue weighted by Gasteiger charge is 2.14. The number of rotatable bonds is 9. The Kier molecular flexibility index (Phi) is 8.58. The molecular weight excluding hydrogens is 450 g/mol. The zero-order chi connectivity index (χ0) is 22.8. The molecule has 0 bridgehead atoms. The highest BCUT2D eigenvalue weighted by Crippen LogP contribution is 2.25. The van der Waals surface area contributed by atoms with E-state index in [2.05, 4.69) is 26.1 Å². The second-order valence-corrected chi connectivity index (χ2v) is 8.77. The Morgan fingerprint density at radius 2 is 1.72 bits per heavy atom. The van der Waals surface area contributed by atoms with Crippen molar-refractivity contribution in [3.8, 4) is 5.75 Å². The van der Waals surface area contributed by atoms with Crippen LogP contribution >= 0.6 is 23.1 Å². The lowest BCUT2D eigenvalue weighted by Gasteiger charge is -2.06. The van der Waals surface area contributed by atoms with Crippen molar-refractivity contribution in [3.05, 3.63) is 60.2 Å². The second-order valence-electron chi connectivity index (χ2n) is 6.45. The number of nitrogens with zero attached hydrogens (tertiary/aromatic N) is 2. The molecule has 32 heavy (non-hydrogen) atoms. The van der Waals surface area contributed by atoms with Crippen molar-refractivity contribution in [2.45, 2.75) is 11.3 Å². The number of carbonyl (C=O) groups excluding carboxylic acids is 3. The monoisotopic (exact) mass is 471 g/mol. The maximum atomic E-state index is 12.0. The minimum atomic E-state index is -0.725. The third-order valence-corrected chi connectivity index (χ3v) is 5.87. The lowest BCUT2D eigenvalue weighted by molar-refractivity contribution is -0.136. The van der Waals surface area contributed by atoms with Gasteiger partial charge in [0.25, 0.3) is 5.91 Å². The number of ether oxygens (including phenoxy) is 1. The lowest BCUT2D eigenvalue weighted by atomic mass is 10.2. The number of benzene rings is 2. The number of hydrogen-bond acceptors (Lipinski definition) is 8. The van der Waals surface area contributed by atoms with Crippen molar-refractivity contribution >= 4 is 51.6 Å². The number of aromatic nitrogens is 2. The van der Waals surface area contributed by atoms with Crippen molar-refractivity contribution in [2.24, 2.45) is 0 Å². The Bertz CT molecular complexity index is 1060. The van der Waals surface area contributed by atoms with E-state index in [1.165, 1.54) is 23.1 Å². The third-order valence-electron chi connectivity index (χ3n) is 3.89. The van der Waals surface area contributed by atoms with Crippen LogP contribution in [-0.4, -0.2) is 46.8 Å². The smallest absolute Gasteiger partial charge is 0.313 e. The SMILES string of the molecule is Cc1ccc(NC(=O)C(=O)NCCSc2nnc(NC(=O)COc3ccccc3)s2)cc1. The highest BCUT2D eigenvalue weighted by molar-refractivity contribution is 8.01. The number of anilines is 2. The number of aryl methyl sites for hydroxylation is 1. The summed E-state index contributed by atoms with van der Waals surface area (Å²) in [6.45, 7) is 2.07. The van der Waals surface area contributed by atoms with Gasteiger partial charge in [0.2, 0.25) is 5.13 Å². The Morgan fingerprint density at radius 1 is 0.969 bits per heavy atom. The van der Waals surface area contributed by atoms with Gasteiger partial charge in [0.15, 0.2) is 10.9 Å². The van der Waals surface area contributed by atoms with Gasteiger partial charge in [-0.05, 0) is 31.2 Å². The largest absolute Gasteiger partial charge is 0.484 e. The van der Waals surface area contributed by atoms with E-state index in [-0.39, 0.29) is 19.1 Å². The zero-order valence-electron chi connectivity index (χ0n) is 17.2. The Morgan fingerprint density at radius 3 is 2.47 bits per heavy atom. The summed E-state index contributed by atoms with van der Waals surface area (Å²) in [6.07, 6.45) is 0. The Labute approximate surface area is 193 Å². The first-order valence-electron chi connectivity index (χ1n) is 9.59. The number of carbonyl (C=O) groups is 3. The van der Waals surface area contributed by atoms with Crippen molar-refractivity contribution in [2.75, 3.05) is 29.5 Å². The molecule has 0 aliphatic carbocycles. The van der Waals surface area contributed by atoms with Gasteiger partial charge in [-0.3, -0.25) is 19.7 Å². The molecule has 1 heterocycles. The Hall–Kier alpha value is -3.44. The highest BCUT2D eigenvalue weighted by atomic mass is 32.2. The van der Waals surface area contributed by atoms with Crippen LogP contribution in [-0.2, 0) is 14.4 Å². The van der Waals surface area contributed by atoms with Crippen LogP contribution in [0.15, 0.2) is 58.9 Å². The predicted molar refractivity (Wildman–Crippen MR) is 124 cm³/mol. The molecule has 11 heteroatoms. The first-order chi connectivity index (χ1) is 15.5. The average Bonchev–Trinajstić information content (AvgIpc) is 3.24. The summed E-state index contributed by atoms with van der Waals surface area (Å²) in [5, 5.41) is 16.0. The molecule has 3 aromatic rings. The molecule has 0 atom stereocenters. The van der Waals surface area contributed by atoms with Crippen LogP contribution in [0.25, 0.3) is 0 Å². The van der Waals surface area contributed by atoms with E-state index in [1.807, 2.05) is 37.3 Å². The van der Waals surface area contributed by atoms with E-state index in [4.69, 9.17) is 4.74 Å². The topological polar surface area (TPSA) is 122 Å². The van der Waals surface area contributed by atoms with Gasteiger partial charge >= 0.3 is 11.8 Å². The molecule has 3 N–H and O–H groups in total. The van der Waals surface area contributed by atoms with Gasteiger partial charge in [0.1, 0.15) is 5.75 Å². The summed E-state index contributed by atoms with van der Waals surface area (Å²) < 4.78 is 6.00. The van der Waals surface area contributed by atoms with E-state index >= 15 is 0 Å². The second kappa shape index (κ2) is 11.8. The first kappa shape index (κ1) is 23.2.